The zero-order valence-electron chi connectivity index (χ0n) is 19.4. The Labute approximate surface area is 184 Å². The third-order valence-electron chi connectivity index (χ3n) is 7.98. The van der Waals surface area contributed by atoms with Gasteiger partial charge in [-0.3, -0.25) is 18.9 Å². The van der Waals surface area contributed by atoms with Gasteiger partial charge in [-0.15, -0.1) is 0 Å². The van der Waals surface area contributed by atoms with E-state index in [1.54, 1.807) is 0 Å². The average molecular weight is 445 g/mol. The second-order valence-electron chi connectivity index (χ2n) is 11.5. The van der Waals surface area contributed by atoms with E-state index in [4.69, 9.17) is 9.72 Å². The van der Waals surface area contributed by atoms with Crippen molar-refractivity contribution in [1.82, 2.24) is 19.1 Å². The van der Waals surface area contributed by atoms with Gasteiger partial charge in [-0.2, -0.15) is 0 Å². The smallest absolute Gasteiger partial charge is 0.330 e. The maximum atomic E-state index is 13.4. The van der Waals surface area contributed by atoms with E-state index in [0.717, 1.165) is 30.1 Å². The molecule has 7 nitrogen and oxygen atoms in total. The van der Waals surface area contributed by atoms with Crippen molar-refractivity contribution in [2.45, 2.75) is 89.8 Å². The van der Waals surface area contributed by atoms with Gasteiger partial charge in [-0.05, 0) is 62.3 Å². The first-order valence-electron chi connectivity index (χ1n) is 12.0. The number of H-pyrrole nitrogens is 1. The fourth-order valence-electron chi connectivity index (χ4n) is 6.77. The van der Waals surface area contributed by atoms with Crippen LogP contribution in [0.1, 0.15) is 51.3 Å². The molecule has 4 aliphatic carbocycles. The van der Waals surface area contributed by atoms with Crippen molar-refractivity contribution in [3.63, 3.8) is 0 Å². The van der Waals surface area contributed by atoms with Crippen molar-refractivity contribution in [3.05, 3.63) is 26.7 Å². The first-order valence-corrected chi connectivity index (χ1v) is 15.7. The Bertz CT molecular complexity index is 1090. The van der Waals surface area contributed by atoms with Gasteiger partial charge in [0.1, 0.15) is 12.6 Å². The third-order valence-corrected chi connectivity index (χ3v) is 9.69. The van der Waals surface area contributed by atoms with Crippen LogP contribution in [0.5, 0.6) is 0 Å². The first-order chi connectivity index (χ1) is 14.7. The van der Waals surface area contributed by atoms with Crippen LogP contribution in [0.15, 0.2) is 9.59 Å². The van der Waals surface area contributed by atoms with E-state index in [2.05, 4.69) is 24.6 Å². The molecule has 31 heavy (non-hydrogen) atoms. The van der Waals surface area contributed by atoms with E-state index in [0.29, 0.717) is 37.0 Å². The van der Waals surface area contributed by atoms with E-state index < -0.39 is 8.07 Å². The van der Waals surface area contributed by atoms with Crippen LogP contribution in [0, 0.1) is 17.8 Å². The molecule has 0 radical (unpaired) electrons. The quantitative estimate of drug-likeness (QED) is 0.497. The molecule has 4 bridgehead atoms. The molecule has 2 aromatic rings. The topological polar surface area (TPSA) is 81.9 Å². The van der Waals surface area contributed by atoms with Crippen molar-refractivity contribution < 1.29 is 4.74 Å². The fourth-order valence-corrected chi connectivity index (χ4v) is 7.53. The third kappa shape index (κ3) is 3.46. The Kier molecular flexibility index (Phi) is 5.08. The van der Waals surface area contributed by atoms with Gasteiger partial charge in [0, 0.05) is 26.6 Å². The fraction of sp³-hybridized carbons (Fsp3) is 0.783. The second-order valence-corrected chi connectivity index (χ2v) is 17.1. The summed E-state index contributed by atoms with van der Waals surface area (Å²) in [5, 5.41) is 0. The summed E-state index contributed by atoms with van der Waals surface area (Å²) in [6, 6.07) is 1.09. The molecule has 2 aromatic heterocycles. The molecule has 0 spiro atoms. The predicted molar refractivity (Wildman–Crippen MR) is 124 cm³/mol. The first kappa shape index (κ1) is 21.2. The molecule has 0 aliphatic heterocycles. The lowest BCUT2D eigenvalue weighted by Crippen LogP contribution is -2.36. The zero-order valence-corrected chi connectivity index (χ0v) is 20.4. The number of hydrogen-bond donors (Lipinski definition) is 1. The summed E-state index contributed by atoms with van der Waals surface area (Å²) in [7, 11) is -1.20. The molecule has 0 amide bonds. The lowest BCUT2D eigenvalue weighted by atomic mass is 9.75. The van der Waals surface area contributed by atoms with Gasteiger partial charge < -0.3 is 4.74 Å². The average Bonchev–Trinajstić information content (AvgIpc) is 3.25. The van der Waals surface area contributed by atoms with Crippen molar-refractivity contribution in [3.8, 4) is 0 Å². The normalized spacial score (nSPS) is 29.5. The second kappa shape index (κ2) is 7.44. The number of aromatic amines is 1. The highest BCUT2D eigenvalue weighted by molar-refractivity contribution is 6.76. The monoisotopic (exact) mass is 444 g/mol. The van der Waals surface area contributed by atoms with Crippen LogP contribution in [0.25, 0.3) is 11.2 Å². The van der Waals surface area contributed by atoms with Gasteiger partial charge in [-0.1, -0.05) is 26.6 Å². The number of hydrogen-bond acceptors (Lipinski definition) is 4. The number of fused-ring (bicyclic) bond motifs is 1. The number of aromatic nitrogens is 4. The maximum Gasteiger partial charge on any atom is 0.330 e. The molecule has 0 aromatic carbocycles. The number of nitrogens with zero attached hydrogens (tertiary/aromatic N) is 3. The van der Waals surface area contributed by atoms with Gasteiger partial charge in [0.15, 0.2) is 11.2 Å². The van der Waals surface area contributed by atoms with E-state index >= 15 is 0 Å². The van der Waals surface area contributed by atoms with Crippen LogP contribution in [0.4, 0.5) is 0 Å². The summed E-state index contributed by atoms with van der Waals surface area (Å²) in [5.41, 5.74) is 0.406. The number of imidazole rings is 1. The number of rotatable bonds is 8. The van der Waals surface area contributed by atoms with Gasteiger partial charge in [0.25, 0.3) is 5.56 Å². The lowest BCUT2D eigenvalue weighted by Gasteiger charge is -2.32. The highest BCUT2D eigenvalue weighted by Crippen LogP contribution is 2.65. The Morgan fingerprint density at radius 3 is 2.48 bits per heavy atom. The molecular weight excluding hydrogens is 408 g/mol. The summed E-state index contributed by atoms with van der Waals surface area (Å²) >= 11 is 0. The van der Waals surface area contributed by atoms with Crippen LogP contribution >= 0.6 is 0 Å². The summed E-state index contributed by atoms with van der Waals surface area (Å²) in [6.07, 6.45) is 6.99. The minimum absolute atomic E-state index is 0.0493. The van der Waals surface area contributed by atoms with Crippen molar-refractivity contribution >= 4 is 19.2 Å². The lowest BCUT2D eigenvalue weighted by molar-refractivity contribution is 0.0830. The molecule has 0 saturated heterocycles. The standard InChI is InChI=1S/C23H36N4O3Si/c1-5-6-26-20(28)18-19(25-22(26)29)24-21(27(18)14-30-7-8-31(2,3)4)23-12-15-9-16(13-23)11-17(23)10-15/h15-17H,5-14H2,1-4H3,(H,25,29). The molecule has 170 valence electrons. The molecule has 8 heteroatoms. The Morgan fingerprint density at radius 2 is 1.84 bits per heavy atom. The van der Waals surface area contributed by atoms with E-state index in [1.165, 1.54) is 36.7 Å². The van der Waals surface area contributed by atoms with E-state index in [1.807, 2.05) is 11.5 Å². The Morgan fingerprint density at radius 1 is 1.13 bits per heavy atom. The van der Waals surface area contributed by atoms with Crippen LogP contribution < -0.4 is 11.2 Å². The Balaban J connectivity index is 1.60. The Hall–Kier alpha value is -1.67. The van der Waals surface area contributed by atoms with E-state index in [9.17, 15) is 9.59 Å². The molecule has 6 rings (SSSR count). The molecule has 2 atom stereocenters. The zero-order chi connectivity index (χ0) is 22.0. The summed E-state index contributed by atoms with van der Waals surface area (Å²) in [4.78, 5) is 33.8. The maximum absolute atomic E-state index is 13.4. The van der Waals surface area contributed by atoms with E-state index in [-0.39, 0.29) is 16.7 Å². The summed E-state index contributed by atoms with van der Waals surface area (Å²) in [5.74, 6) is 3.22. The largest absolute Gasteiger partial charge is 0.361 e. The van der Waals surface area contributed by atoms with Crippen molar-refractivity contribution in [2.75, 3.05) is 6.61 Å². The summed E-state index contributed by atoms with van der Waals surface area (Å²) in [6.45, 7) is 10.5. The van der Waals surface area contributed by atoms with Gasteiger partial charge in [0.05, 0.1) is 0 Å². The van der Waals surface area contributed by atoms with Gasteiger partial charge in [0.2, 0.25) is 0 Å². The van der Waals surface area contributed by atoms with Crippen LogP contribution in [0.3, 0.4) is 0 Å². The van der Waals surface area contributed by atoms with Crippen molar-refractivity contribution in [1.29, 1.82) is 0 Å². The van der Waals surface area contributed by atoms with Crippen LogP contribution in [-0.2, 0) is 23.4 Å². The number of nitrogens with one attached hydrogen (secondary N) is 1. The predicted octanol–water partition coefficient (Wildman–Crippen LogP) is 3.69. The molecule has 4 saturated carbocycles. The SMILES string of the molecule is CCCn1c(=O)[nH]c2nc(C34CC5CC(CC3C5)C4)n(COCC[Si](C)(C)C)c2c1=O. The molecule has 2 unspecified atom stereocenters. The molecule has 4 fully saturated rings. The summed E-state index contributed by atoms with van der Waals surface area (Å²) < 4.78 is 9.50. The van der Waals surface area contributed by atoms with Gasteiger partial charge in [-0.25, -0.2) is 9.78 Å². The minimum atomic E-state index is -1.20. The minimum Gasteiger partial charge on any atom is -0.361 e. The van der Waals surface area contributed by atoms with Gasteiger partial charge >= 0.3 is 5.69 Å². The molecular formula is C23H36N4O3Si. The van der Waals surface area contributed by atoms with Crippen molar-refractivity contribution in [2.24, 2.45) is 17.8 Å². The highest BCUT2D eigenvalue weighted by Gasteiger charge is 2.60. The molecule has 4 aliphatic rings. The number of ether oxygens (including phenoxy) is 1. The molecule has 2 heterocycles. The highest BCUT2D eigenvalue weighted by atomic mass is 28.3. The van der Waals surface area contributed by atoms with Crippen LogP contribution in [-0.4, -0.2) is 33.8 Å². The molecule has 1 N–H and O–H groups in total. The van der Waals surface area contributed by atoms with Crippen LogP contribution in [0.2, 0.25) is 25.7 Å².